The largest absolute Gasteiger partial charge is 0.323 e. The van der Waals surface area contributed by atoms with E-state index < -0.39 is 19.9 Å². The molecule has 0 aromatic heterocycles. The highest BCUT2D eigenvalue weighted by atomic mass is 35.5. The van der Waals surface area contributed by atoms with Crippen LogP contribution in [-0.2, 0) is 19.9 Å². The molecular formula is C19H22ClN3O5S2. The Morgan fingerprint density at radius 3 is 2.30 bits per heavy atom. The van der Waals surface area contributed by atoms with Crippen molar-refractivity contribution in [3.8, 4) is 0 Å². The van der Waals surface area contributed by atoms with Crippen molar-refractivity contribution in [1.82, 2.24) is 9.21 Å². The van der Waals surface area contributed by atoms with Crippen LogP contribution in [0.3, 0.4) is 0 Å². The molecule has 0 saturated carbocycles. The molecule has 8 nitrogen and oxygen atoms in total. The summed E-state index contributed by atoms with van der Waals surface area (Å²) in [6.07, 6.45) is 1.40. The second-order valence-corrected chi connectivity index (χ2v) is 11.2. The van der Waals surface area contributed by atoms with Crippen molar-refractivity contribution in [1.29, 1.82) is 0 Å². The van der Waals surface area contributed by atoms with Gasteiger partial charge in [-0.25, -0.2) is 21.6 Å². The number of amides is 2. The van der Waals surface area contributed by atoms with Crippen LogP contribution < -0.4 is 5.32 Å². The summed E-state index contributed by atoms with van der Waals surface area (Å²) in [5.74, 6) is 0. The van der Waals surface area contributed by atoms with Gasteiger partial charge in [-0.15, -0.1) is 0 Å². The Balaban J connectivity index is 1.76. The lowest BCUT2D eigenvalue weighted by Gasteiger charge is -2.23. The topological polar surface area (TPSA) is 104 Å². The number of nitrogens with zero attached hydrogens (tertiary/aromatic N) is 2. The standard InChI is InChI=1S/C19H22ClN3O5S2/c1-29(25,26)17-8-2-3-9-18(17)30(27,28)23-11-5-10-22(12-13-23)19(24)21-16-7-4-6-15(20)14-16/h2-4,6-9,14H,5,10-13H2,1H3,(H,21,24). The first-order chi connectivity index (χ1) is 14.1. The van der Waals surface area contributed by atoms with Gasteiger partial charge in [-0.3, -0.25) is 0 Å². The molecule has 2 amide bonds. The number of nitrogens with one attached hydrogen (secondary N) is 1. The van der Waals surface area contributed by atoms with Gasteiger partial charge < -0.3 is 10.2 Å². The van der Waals surface area contributed by atoms with Crippen LogP contribution in [0, 0.1) is 0 Å². The number of benzene rings is 2. The second kappa shape index (κ2) is 8.93. The third-order valence-electron chi connectivity index (χ3n) is 4.68. The van der Waals surface area contributed by atoms with Gasteiger partial charge in [-0.05, 0) is 36.8 Å². The molecular weight excluding hydrogens is 450 g/mol. The zero-order valence-corrected chi connectivity index (χ0v) is 18.7. The van der Waals surface area contributed by atoms with Gasteiger partial charge in [0.2, 0.25) is 10.0 Å². The van der Waals surface area contributed by atoms with Crippen LogP contribution in [0.2, 0.25) is 5.02 Å². The lowest BCUT2D eigenvalue weighted by Crippen LogP contribution is -2.39. The normalized spacial score (nSPS) is 16.1. The van der Waals surface area contributed by atoms with Crippen molar-refractivity contribution in [3.05, 3.63) is 53.6 Å². The zero-order chi connectivity index (χ0) is 21.9. The Bertz CT molecular complexity index is 1150. The molecule has 1 aliphatic rings. The molecule has 1 aliphatic heterocycles. The minimum Gasteiger partial charge on any atom is -0.323 e. The molecule has 162 valence electrons. The Morgan fingerprint density at radius 1 is 0.933 bits per heavy atom. The molecule has 0 radical (unpaired) electrons. The van der Waals surface area contributed by atoms with Gasteiger partial charge in [0, 0.05) is 43.1 Å². The molecule has 11 heteroatoms. The third kappa shape index (κ3) is 5.12. The van der Waals surface area contributed by atoms with Crippen LogP contribution >= 0.6 is 11.6 Å². The first kappa shape index (κ1) is 22.5. The molecule has 3 rings (SSSR count). The number of anilines is 1. The monoisotopic (exact) mass is 471 g/mol. The lowest BCUT2D eigenvalue weighted by molar-refractivity contribution is 0.214. The van der Waals surface area contributed by atoms with E-state index in [1.54, 1.807) is 24.3 Å². The van der Waals surface area contributed by atoms with E-state index >= 15 is 0 Å². The molecule has 1 fully saturated rings. The average Bonchev–Trinajstić information content (AvgIpc) is 2.94. The minimum atomic E-state index is -4.03. The van der Waals surface area contributed by atoms with Crippen LogP contribution in [-0.4, -0.2) is 64.5 Å². The van der Waals surface area contributed by atoms with E-state index in [1.807, 2.05) is 0 Å². The Kier molecular flexibility index (Phi) is 6.71. The molecule has 2 aromatic carbocycles. The fourth-order valence-electron chi connectivity index (χ4n) is 3.21. The van der Waals surface area contributed by atoms with Crippen molar-refractivity contribution in [2.75, 3.05) is 37.8 Å². The highest BCUT2D eigenvalue weighted by molar-refractivity contribution is 7.93. The molecule has 30 heavy (non-hydrogen) atoms. The number of sulfone groups is 1. The number of hydrogen-bond acceptors (Lipinski definition) is 5. The molecule has 1 N–H and O–H groups in total. The van der Waals surface area contributed by atoms with Gasteiger partial charge >= 0.3 is 6.03 Å². The Labute approximate surface area is 181 Å². The van der Waals surface area contributed by atoms with E-state index in [1.165, 1.54) is 33.5 Å². The number of carbonyl (C=O) groups is 1. The molecule has 0 aliphatic carbocycles. The molecule has 0 unspecified atom stereocenters. The maximum atomic E-state index is 13.1. The number of hydrogen-bond donors (Lipinski definition) is 1. The van der Waals surface area contributed by atoms with E-state index in [-0.39, 0.29) is 35.5 Å². The van der Waals surface area contributed by atoms with Crippen LogP contribution in [0.1, 0.15) is 6.42 Å². The van der Waals surface area contributed by atoms with Crippen LogP contribution in [0.15, 0.2) is 58.3 Å². The van der Waals surface area contributed by atoms with Gasteiger partial charge in [0.1, 0.15) is 4.90 Å². The van der Waals surface area contributed by atoms with Crippen molar-refractivity contribution in [2.45, 2.75) is 16.2 Å². The number of urea groups is 1. The lowest BCUT2D eigenvalue weighted by atomic mass is 10.3. The number of halogens is 1. The molecule has 1 heterocycles. The highest BCUT2D eigenvalue weighted by Crippen LogP contribution is 2.25. The SMILES string of the molecule is CS(=O)(=O)c1ccccc1S(=O)(=O)N1CCCN(C(=O)Nc2cccc(Cl)c2)CC1. The van der Waals surface area contributed by atoms with Gasteiger partial charge in [0.05, 0.1) is 4.90 Å². The van der Waals surface area contributed by atoms with Gasteiger partial charge in [0.25, 0.3) is 0 Å². The quantitative estimate of drug-likeness (QED) is 0.738. The van der Waals surface area contributed by atoms with Crippen molar-refractivity contribution in [2.24, 2.45) is 0 Å². The fourth-order valence-corrected chi connectivity index (χ4v) is 6.48. The molecule has 0 spiro atoms. The Hall–Kier alpha value is -2.14. The Morgan fingerprint density at radius 2 is 1.63 bits per heavy atom. The summed E-state index contributed by atoms with van der Waals surface area (Å²) in [5, 5.41) is 3.24. The molecule has 0 atom stereocenters. The summed E-state index contributed by atoms with van der Waals surface area (Å²) < 4.78 is 51.6. The summed E-state index contributed by atoms with van der Waals surface area (Å²) in [4.78, 5) is 13.6. The van der Waals surface area contributed by atoms with Crippen molar-refractivity contribution >= 4 is 43.2 Å². The van der Waals surface area contributed by atoms with Crippen molar-refractivity contribution < 1.29 is 21.6 Å². The number of sulfonamides is 1. The summed E-state index contributed by atoms with van der Waals surface area (Å²) in [7, 11) is -7.75. The van der Waals surface area contributed by atoms with Gasteiger partial charge in [-0.2, -0.15) is 4.31 Å². The number of rotatable bonds is 4. The van der Waals surface area contributed by atoms with E-state index in [0.29, 0.717) is 23.7 Å². The smallest absolute Gasteiger partial charge is 0.321 e. The minimum absolute atomic E-state index is 0.0589. The highest BCUT2D eigenvalue weighted by Gasteiger charge is 2.31. The van der Waals surface area contributed by atoms with Crippen molar-refractivity contribution in [3.63, 3.8) is 0 Å². The van der Waals surface area contributed by atoms with Gasteiger partial charge in [0.15, 0.2) is 9.84 Å². The van der Waals surface area contributed by atoms with Crippen LogP contribution in [0.4, 0.5) is 10.5 Å². The van der Waals surface area contributed by atoms with E-state index in [0.717, 1.165) is 6.26 Å². The summed E-state index contributed by atoms with van der Waals surface area (Å²) in [5.41, 5.74) is 0.545. The van der Waals surface area contributed by atoms with E-state index in [2.05, 4.69) is 5.32 Å². The average molecular weight is 472 g/mol. The summed E-state index contributed by atoms with van der Waals surface area (Å²) in [6, 6.07) is 11.9. The maximum Gasteiger partial charge on any atom is 0.321 e. The summed E-state index contributed by atoms with van der Waals surface area (Å²) >= 11 is 5.93. The van der Waals surface area contributed by atoms with Crippen LogP contribution in [0.5, 0.6) is 0 Å². The molecule has 1 saturated heterocycles. The fraction of sp³-hybridized carbons (Fsp3) is 0.316. The molecule has 2 aromatic rings. The van der Waals surface area contributed by atoms with E-state index in [9.17, 15) is 21.6 Å². The molecule has 0 bridgehead atoms. The second-order valence-electron chi connectivity index (χ2n) is 6.90. The predicted molar refractivity (Wildman–Crippen MR) is 115 cm³/mol. The first-order valence-electron chi connectivity index (χ1n) is 9.20. The van der Waals surface area contributed by atoms with E-state index in [4.69, 9.17) is 11.6 Å². The van der Waals surface area contributed by atoms with Gasteiger partial charge in [-0.1, -0.05) is 29.8 Å². The maximum absolute atomic E-state index is 13.1. The first-order valence-corrected chi connectivity index (χ1v) is 12.9. The third-order valence-corrected chi connectivity index (χ3v) is 8.16. The zero-order valence-electron chi connectivity index (χ0n) is 16.3. The predicted octanol–water partition coefficient (Wildman–Crippen LogP) is 2.67. The number of carbonyl (C=O) groups excluding carboxylic acids is 1. The van der Waals surface area contributed by atoms with Crippen LogP contribution in [0.25, 0.3) is 0 Å². The summed E-state index contributed by atoms with van der Waals surface area (Å²) in [6.45, 7) is 0.781.